The SMILES string of the molecule is CCC(CC(C1CCCCC1)n1c(=O)n(C(CC(CC)N=C=O)C2CCCCC2)c(=O)n(C(CC(CC)N=C=O)C2CCCCC2)c1=O)N=C=O. The van der Waals surface area contributed by atoms with Crippen LogP contribution in [0.5, 0.6) is 0 Å². The van der Waals surface area contributed by atoms with Gasteiger partial charge in [-0.05, 0) is 94.8 Å². The van der Waals surface area contributed by atoms with Gasteiger partial charge in [0.25, 0.3) is 0 Å². The maximum absolute atomic E-state index is 15.2. The number of rotatable bonds is 18. The second-order valence-electron chi connectivity index (χ2n) is 15.4. The van der Waals surface area contributed by atoms with E-state index in [9.17, 15) is 14.4 Å². The lowest BCUT2D eigenvalue weighted by Gasteiger charge is -2.37. The molecule has 0 radical (unpaired) electrons. The lowest BCUT2D eigenvalue weighted by atomic mass is 9.80. The van der Waals surface area contributed by atoms with Crippen LogP contribution in [0.4, 0.5) is 0 Å². The minimum Gasteiger partial charge on any atom is -0.247 e. The van der Waals surface area contributed by atoms with Gasteiger partial charge in [-0.3, -0.25) is 0 Å². The molecule has 4 rings (SSSR count). The Morgan fingerprint density at radius 2 is 0.706 bits per heavy atom. The zero-order valence-electron chi connectivity index (χ0n) is 31.2. The summed E-state index contributed by atoms with van der Waals surface area (Å²) in [6, 6.07) is -3.03. The van der Waals surface area contributed by atoms with Gasteiger partial charge in [-0.25, -0.2) is 57.4 Å². The van der Waals surface area contributed by atoms with Crippen molar-refractivity contribution in [2.24, 2.45) is 32.7 Å². The van der Waals surface area contributed by atoms with Crippen LogP contribution in [0.2, 0.25) is 0 Å². The van der Waals surface area contributed by atoms with Crippen LogP contribution in [-0.2, 0) is 14.4 Å². The zero-order chi connectivity index (χ0) is 36.8. The van der Waals surface area contributed by atoms with E-state index < -0.39 is 53.3 Å². The second-order valence-corrected chi connectivity index (χ2v) is 15.4. The molecule has 6 atom stereocenters. The van der Waals surface area contributed by atoms with Gasteiger partial charge in [0.15, 0.2) is 0 Å². The summed E-state index contributed by atoms with van der Waals surface area (Å²) in [4.78, 5) is 92.4. The van der Waals surface area contributed by atoms with Gasteiger partial charge >= 0.3 is 17.1 Å². The van der Waals surface area contributed by atoms with Crippen LogP contribution < -0.4 is 17.1 Å². The number of hydrogen-bond acceptors (Lipinski definition) is 9. The monoisotopic (exact) mass is 708 g/mol. The Balaban J connectivity index is 2.09. The van der Waals surface area contributed by atoms with Crippen LogP contribution in [0.15, 0.2) is 29.4 Å². The third-order valence-corrected chi connectivity index (χ3v) is 12.5. The number of isocyanates is 3. The second kappa shape index (κ2) is 20.6. The minimum absolute atomic E-state index is 0.00757. The molecule has 1 heterocycles. The molecule has 0 aliphatic heterocycles. The van der Waals surface area contributed by atoms with Gasteiger partial charge in [0.1, 0.15) is 0 Å². The van der Waals surface area contributed by atoms with Crippen LogP contribution in [0.1, 0.15) is 174 Å². The van der Waals surface area contributed by atoms with Crippen molar-refractivity contribution in [2.45, 2.75) is 192 Å². The molecule has 0 saturated heterocycles. The van der Waals surface area contributed by atoms with Crippen molar-refractivity contribution in [2.75, 3.05) is 0 Å². The van der Waals surface area contributed by atoms with Gasteiger partial charge in [-0.2, -0.15) is 0 Å². The Morgan fingerprint density at radius 3 is 0.902 bits per heavy atom. The number of nitrogens with zero attached hydrogens (tertiary/aromatic N) is 6. The highest BCUT2D eigenvalue weighted by molar-refractivity contribution is 5.34. The lowest BCUT2D eigenvalue weighted by Crippen LogP contribution is -2.60. The molecule has 0 amide bonds. The molecule has 3 fully saturated rings. The standard InChI is InChI=1S/C39H60N6O6/c1-4-31(40-25-46)22-34(28-16-10-7-11-17-28)43-37(49)44(35(23-32(5-2)41-26-47)29-18-12-8-13-19-29)39(51)45(38(43)50)36(24-33(6-3)42-27-48)30-20-14-9-15-21-30/h28-36H,4-24H2,1-3H3. The molecule has 0 aromatic carbocycles. The van der Waals surface area contributed by atoms with Crippen LogP contribution in [0.3, 0.4) is 0 Å². The average molecular weight is 709 g/mol. The van der Waals surface area contributed by atoms with Crippen molar-refractivity contribution in [3.8, 4) is 0 Å². The van der Waals surface area contributed by atoms with Gasteiger partial charge in [0.2, 0.25) is 18.2 Å². The Labute approximate surface area is 301 Å². The maximum atomic E-state index is 15.2. The summed E-state index contributed by atoms with van der Waals surface area (Å²) in [6.07, 6.45) is 21.7. The average Bonchev–Trinajstić information content (AvgIpc) is 3.16. The van der Waals surface area contributed by atoms with Crippen LogP contribution in [-0.4, -0.2) is 50.1 Å². The molecule has 0 spiro atoms. The fraction of sp³-hybridized carbons (Fsp3) is 0.846. The summed E-state index contributed by atoms with van der Waals surface area (Å²) in [6.45, 7) is 5.79. The quantitative estimate of drug-likeness (QED) is 0.118. The first-order valence-electron chi connectivity index (χ1n) is 20.0. The molecule has 3 aliphatic carbocycles. The van der Waals surface area contributed by atoms with Gasteiger partial charge in [-0.1, -0.05) is 78.6 Å². The molecule has 282 valence electrons. The Hall–Kier alpha value is -3.45. The molecule has 3 aliphatic rings. The predicted molar refractivity (Wildman–Crippen MR) is 197 cm³/mol. The molecule has 6 unspecified atom stereocenters. The molecule has 1 aromatic heterocycles. The summed E-state index contributed by atoms with van der Waals surface area (Å²) in [5, 5.41) is 0. The highest BCUT2D eigenvalue weighted by Gasteiger charge is 2.38. The van der Waals surface area contributed by atoms with Crippen molar-refractivity contribution in [3.05, 3.63) is 31.5 Å². The summed E-state index contributed by atoms with van der Waals surface area (Å²) in [5.74, 6) is -0.0227. The smallest absolute Gasteiger partial charge is 0.247 e. The molecular weight excluding hydrogens is 648 g/mol. The molecule has 0 bridgehead atoms. The summed E-state index contributed by atoms with van der Waals surface area (Å²) in [7, 11) is 0. The van der Waals surface area contributed by atoms with Crippen molar-refractivity contribution in [3.63, 3.8) is 0 Å². The summed E-state index contributed by atoms with van der Waals surface area (Å²) in [5.41, 5.74) is -1.87. The van der Waals surface area contributed by atoms with Crippen LogP contribution >= 0.6 is 0 Å². The van der Waals surface area contributed by atoms with Crippen molar-refractivity contribution in [1.29, 1.82) is 0 Å². The van der Waals surface area contributed by atoms with Crippen LogP contribution in [0, 0.1) is 17.8 Å². The summed E-state index contributed by atoms with van der Waals surface area (Å²) < 4.78 is 4.08. The van der Waals surface area contributed by atoms with E-state index in [1.807, 2.05) is 20.8 Å². The van der Waals surface area contributed by atoms with E-state index in [0.29, 0.717) is 38.5 Å². The Bertz CT molecular complexity index is 1360. The molecule has 12 heteroatoms. The normalized spacial score (nSPS) is 21.2. The fourth-order valence-electron chi connectivity index (χ4n) is 9.52. The molecule has 0 N–H and O–H groups in total. The van der Waals surface area contributed by atoms with E-state index in [-0.39, 0.29) is 17.8 Å². The fourth-order valence-corrected chi connectivity index (χ4v) is 9.52. The van der Waals surface area contributed by atoms with Crippen LogP contribution in [0.25, 0.3) is 0 Å². The van der Waals surface area contributed by atoms with E-state index in [2.05, 4.69) is 15.0 Å². The first kappa shape index (κ1) is 40.3. The van der Waals surface area contributed by atoms with Gasteiger partial charge < -0.3 is 0 Å². The molecule has 51 heavy (non-hydrogen) atoms. The molecule has 3 saturated carbocycles. The van der Waals surface area contributed by atoms with E-state index >= 15 is 14.4 Å². The van der Waals surface area contributed by atoms with E-state index in [0.717, 1.165) is 96.3 Å². The Kier molecular flexibility index (Phi) is 16.3. The lowest BCUT2D eigenvalue weighted by molar-refractivity contribution is 0.160. The third-order valence-electron chi connectivity index (χ3n) is 12.5. The van der Waals surface area contributed by atoms with E-state index in [1.54, 1.807) is 18.2 Å². The first-order chi connectivity index (χ1) is 24.8. The first-order valence-corrected chi connectivity index (χ1v) is 20.0. The minimum atomic E-state index is -0.623. The molecule has 12 nitrogen and oxygen atoms in total. The third kappa shape index (κ3) is 10.1. The topological polar surface area (TPSA) is 154 Å². The zero-order valence-corrected chi connectivity index (χ0v) is 31.2. The molecular formula is C39H60N6O6. The number of carbonyl (C=O) groups excluding carboxylic acids is 3. The predicted octanol–water partition coefficient (Wildman–Crippen LogP) is 7.05. The van der Waals surface area contributed by atoms with Gasteiger partial charge in [0, 0.05) is 18.1 Å². The van der Waals surface area contributed by atoms with E-state index in [4.69, 9.17) is 0 Å². The van der Waals surface area contributed by atoms with Crippen molar-refractivity contribution >= 4 is 18.2 Å². The maximum Gasteiger partial charge on any atom is 0.336 e. The van der Waals surface area contributed by atoms with E-state index in [1.165, 1.54) is 13.7 Å². The summed E-state index contributed by atoms with van der Waals surface area (Å²) >= 11 is 0. The number of aromatic nitrogens is 3. The highest BCUT2D eigenvalue weighted by atomic mass is 16.2. The van der Waals surface area contributed by atoms with Crippen molar-refractivity contribution in [1.82, 2.24) is 13.7 Å². The van der Waals surface area contributed by atoms with Crippen molar-refractivity contribution < 1.29 is 14.4 Å². The Morgan fingerprint density at radius 1 is 0.471 bits per heavy atom. The number of aliphatic imine (C=N–C) groups is 3. The largest absolute Gasteiger partial charge is 0.336 e. The number of hydrogen-bond donors (Lipinski definition) is 0. The van der Waals surface area contributed by atoms with Gasteiger partial charge in [0.05, 0.1) is 18.1 Å². The van der Waals surface area contributed by atoms with Gasteiger partial charge in [-0.15, -0.1) is 0 Å². The highest BCUT2D eigenvalue weighted by Crippen LogP contribution is 2.39. The molecule has 1 aromatic rings.